The normalized spacial score (nSPS) is 34.8. The summed E-state index contributed by atoms with van der Waals surface area (Å²) in [6.45, 7) is 3.04. The number of amides is 2. The van der Waals surface area contributed by atoms with E-state index in [1.54, 1.807) is 0 Å². The molecule has 2 fully saturated rings. The molecule has 0 radical (unpaired) electrons. The Hall–Kier alpha value is -0.730. The van der Waals surface area contributed by atoms with Crippen LogP contribution in [0.5, 0.6) is 0 Å². The molecule has 0 aromatic rings. The van der Waals surface area contributed by atoms with Crippen LogP contribution in [0.4, 0.5) is 4.79 Å². The van der Waals surface area contributed by atoms with Gasteiger partial charge in [-0.2, -0.15) is 0 Å². The Balaban J connectivity index is 2.01. The molecule has 1 unspecified atom stereocenters. The Bertz CT molecular complexity index is 223. The van der Waals surface area contributed by atoms with Crippen molar-refractivity contribution in [2.45, 2.75) is 51.0 Å². The molecule has 1 heterocycles. The Labute approximate surface area is 85.6 Å². The fraction of sp³-hybridized carbons (Fsp3) is 0.909. The SMILES string of the molecule is CC1(C2CCCCC2)CCNC(=O)N1. The van der Waals surface area contributed by atoms with Gasteiger partial charge < -0.3 is 10.6 Å². The molecule has 1 aliphatic heterocycles. The average molecular weight is 196 g/mol. The molecule has 0 spiro atoms. The quantitative estimate of drug-likeness (QED) is 0.662. The highest BCUT2D eigenvalue weighted by Crippen LogP contribution is 2.35. The fourth-order valence-corrected chi connectivity index (χ4v) is 2.85. The second-order valence-corrected chi connectivity index (χ2v) is 4.88. The predicted octanol–water partition coefficient (Wildman–Crippen LogP) is 2.03. The summed E-state index contributed by atoms with van der Waals surface area (Å²) >= 11 is 0. The van der Waals surface area contributed by atoms with Crippen LogP contribution in [-0.2, 0) is 0 Å². The summed E-state index contributed by atoms with van der Waals surface area (Å²) in [6, 6.07) is 0.0179. The second kappa shape index (κ2) is 3.79. The highest BCUT2D eigenvalue weighted by molar-refractivity contribution is 5.75. The summed E-state index contributed by atoms with van der Waals surface area (Å²) in [5.41, 5.74) is 0.0583. The van der Waals surface area contributed by atoms with Crippen LogP contribution in [-0.4, -0.2) is 18.1 Å². The van der Waals surface area contributed by atoms with Crippen molar-refractivity contribution in [2.24, 2.45) is 5.92 Å². The maximum Gasteiger partial charge on any atom is 0.315 e. The minimum absolute atomic E-state index is 0.0179. The molecule has 1 aliphatic carbocycles. The molecule has 2 aliphatic rings. The third-order valence-electron chi connectivity index (χ3n) is 3.84. The van der Waals surface area contributed by atoms with Crippen LogP contribution in [0, 0.1) is 5.92 Å². The zero-order chi connectivity index (χ0) is 10.0. The van der Waals surface area contributed by atoms with Gasteiger partial charge in [-0.15, -0.1) is 0 Å². The standard InChI is InChI=1S/C11H20N2O/c1-11(7-8-12-10(14)13-11)9-5-3-2-4-6-9/h9H,2-8H2,1H3,(H2,12,13,14). The number of hydrogen-bond donors (Lipinski definition) is 2. The van der Waals surface area contributed by atoms with Crippen molar-refractivity contribution in [3.63, 3.8) is 0 Å². The van der Waals surface area contributed by atoms with E-state index >= 15 is 0 Å². The zero-order valence-electron chi connectivity index (χ0n) is 8.94. The minimum Gasteiger partial charge on any atom is -0.338 e. The maximum absolute atomic E-state index is 11.3. The zero-order valence-corrected chi connectivity index (χ0v) is 8.94. The molecule has 2 rings (SSSR count). The molecule has 0 bridgehead atoms. The van der Waals surface area contributed by atoms with Gasteiger partial charge in [0.25, 0.3) is 0 Å². The van der Waals surface area contributed by atoms with Crippen LogP contribution in [0.1, 0.15) is 45.4 Å². The van der Waals surface area contributed by atoms with Gasteiger partial charge in [-0.25, -0.2) is 4.79 Å². The van der Waals surface area contributed by atoms with E-state index in [9.17, 15) is 4.79 Å². The summed E-state index contributed by atoms with van der Waals surface area (Å²) < 4.78 is 0. The molecule has 2 amide bonds. The van der Waals surface area contributed by atoms with E-state index in [0.717, 1.165) is 13.0 Å². The second-order valence-electron chi connectivity index (χ2n) is 4.88. The van der Waals surface area contributed by atoms with Gasteiger partial charge >= 0.3 is 6.03 Å². The number of carbonyl (C=O) groups excluding carboxylic acids is 1. The lowest BCUT2D eigenvalue weighted by atomic mass is 9.73. The van der Waals surface area contributed by atoms with Gasteiger partial charge in [-0.05, 0) is 32.1 Å². The van der Waals surface area contributed by atoms with E-state index < -0.39 is 0 Å². The molecule has 1 saturated heterocycles. The maximum atomic E-state index is 11.3. The van der Waals surface area contributed by atoms with E-state index in [-0.39, 0.29) is 11.6 Å². The van der Waals surface area contributed by atoms with E-state index in [0.29, 0.717) is 5.92 Å². The molecule has 1 atom stereocenters. The third-order valence-corrected chi connectivity index (χ3v) is 3.84. The van der Waals surface area contributed by atoms with Crippen molar-refractivity contribution < 1.29 is 4.79 Å². The van der Waals surface area contributed by atoms with E-state index in [1.807, 2.05) is 0 Å². The molecule has 1 saturated carbocycles. The molecular weight excluding hydrogens is 176 g/mol. The van der Waals surface area contributed by atoms with Crippen molar-refractivity contribution >= 4 is 6.03 Å². The summed E-state index contributed by atoms with van der Waals surface area (Å²) in [5.74, 6) is 0.697. The first-order chi connectivity index (χ1) is 6.71. The summed E-state index contributed by atoms with van der Waals surface area (Å²) in [4.78, 5) is 11.3. The van der Waals surface area contributed by atoms with Crippen molar-refractivity contribution in [3.05, 3.63) is 0 Å². The van der Waals surface area contributed by atoms with Gasteiger partial charge in [0.05, 0.1) is 0 Å². The smallest absolute Gasteiger partial charge is 0.315 e. The van der Waals surface area contributed by atoms with Crippen LogP contribution >= 0.6 is 0 Å². The van der Waals surface area contributed by atoms with E-state index in [2.05, 4.69) is 17.6 Å². The summed E-state index contributed by atoms with van der Waals surface area (Å²) in [6.07, 6.45) is 7.70. The number of hydrogen-bond acceptors (Lipinski definition) is 1. The van der Waals surface area contributed by atoms with Crippen molar-refractivity contribution in [1.29, 1.82) is 0 Å². The number of urea groups is 1. The molecule has 0 aromatic carbocycles. The Morgan fingerprint density at radius 2 is 2.00 bits per heavy atom. The van der Waals surface area contributed by atoms with Gasteiger partial charge in [0.15, 0.2) is 0 Å². The molecule has 3 heteroatoms. The summed E-state index contributed by atoms with van der Waals surface area (Å²) in [7, 11) is 0. The van der Waals surface area contributed by atoms with Gasteiger partial charge in [0, 0.05) is 12.1 Å². The van der Waals surface area contributed by atoms with Crippen LogP contribution in [0.2, 0.25) is 0 Å². The molecular formula is C11H20N2O. The Morgan fingerprint density at radius 1 is 1.29 bits per heavy atom. The van der Waals surface area contributed by atoms with Gasteiger partial charge in [0.2, 0.25) is 0 Å². The first-order valence-electron chi connectivity index (χ1n) is 5.77. The van der Waals surface area contributed by atoms with Crippen molar-refractivity contribution in [2.75, 3.05) is 6.54 Å². The molecule has 0 aromatic heterocycles. The lowest BCUT2D eigenvalue weighted by Crippen LogP contribution is -2.60. The van der Waals surface area contributed by atoms with E-state index in [4.69, 9.17) is 0 Å². The monoisotopic (exact) mass is 196 g/mol. The minimum atomic E-state index is 0.0179. The highest BCUT2D eigenvalue weighted by atomic mass is 16.2. The molecule has 14 heavy (non-hydrogen) atoms. The van der Waals surface area contributed by atoms with Crippen LogP contribution < -0.4 is 10.6 Å². The lowest BCUT2D eigenvalue weighted by molar-refractivity contribution is 0.148. The van der Waals surface area contributed by atoms with Crippen molar-refractivity contribution in [1.82, 2.24) is 10.6 Å². The Morgan fingerprint density at radius 3 is 2.64 bits per heavy atom. The van der Waals surface area contributed by atoms with Crippen molar-refractivity contribution in [3.8, 4) is 0 Å². The topological polar surface area (TPSA) is 41.1 Å². The van der Waals surface area contributed by atoms with Crippen LogP contribution in [0.25, 0.3) is 0 Å². The fourth-order valence-electron chi connectivity index (χ4n) is 2.85. The molecule has 2 N–H and O–H groups in total. The van der Waals surface area contributed by atoms with Gasteiger partial charge in [0.1, 0.15) is 0 Å². The first kappa shape index (κ1) is 9.81. The molecule has 80 valence electrons. The third kappa shape index (κ3) is 1.86. The molecule has 3 nitrogen and oxygen atoms in total. The van der Waals surface area contributed by atoms with Gasteiger partial charge in [-0.1, -0.05) is 19.3 Å². The predicted molar refractivity (Wildman–Crippen MR) is 56.1 cm³/mol. The lowest BCUT2D eigenvalue weighted by Gasteiger charge is -2.43. The highest BCUT2D eigenvalue weighted by Gasteiger charge is 2.37. The van der Waals surface area contributed by atoms with Gasteiger partial charge in [-0.3, -0.25) is 0 Å². The average Bonchev–Trinajstić information content (AvgIpc) is 2.19. The number of rotatable bonds is 1. The number of carbonyl (C=O) groups is 1. The largest absolute Gasteiger partial charge is 0.338 e. The first-order valence-corrected chi connectivity index (χ1v) is 5.77. The summed E-state index contributed by atoms with van der Waals surface area (Å²) in [5, 5.41) is 5.94. The Kier molecular flexibility index (Phi) is 2.66. The van der Waals surface area contributed by atoms with Crippen LogP contribution in [0.3, 0.4) is 0 Å². The number of nitrogens with one attached hydrogen (secondary N) is 2. The van der Waals surface area contributed by atoms with E-state index in [1.165, 1.54) is 32.1 Å². The van der Waals surface area contributed by atoms with Crippen LogP contribution in [0.15, 0.2) is 0 Å².